The lowest BCUT2D eigenvalue weighted by Crippen LogP contribution is -2.09. The molecule has 0 spiro atoms. The van der Waals surface area contributed by atoms with Crippen molar-refractivity contribution in [3.8, 4) is 0 Å². The number of halogens is 3. The van der Waals surface area contributed by atoms with E-state index < -0.39 is 16.4 Å². The van der Waals surface area contributed by atoms with Crippen molar-refractivity contribution in [3.05, 3.63) is 60.7 Å². The highest BCUT2D eigenvalue weighted by molar-refractivity contribution is 8.17. The van der Waals surface area contributed by atoms with E-state index in [1.165, 1.54) is 24.3 Å². The number of benzene rings is 2. The van der Waals surface area contributed by atoms with E-state index in [2.05, 4.69) is 0 Å². The van der Waals surface area contributed by atoms with Crippen molar-refractivity contribution >= 4 is 10.9 Å². The summed E-state index contributed by atoms with van der Waals surface area (Å²) < 4.78 is 39.4. The van der Waals surface area contributed by atoms with Gasteiger partial charge in [-0.25, -0.2) is 0 Å². The minimum absolute atomic E-state index is 0.334. The summed E-state index contributed by atoms with van der Waals surface area (Å²) in [7, 11) is -2.29. The van der Waals surface area contributed by atoms with Crippen molar-refractivity contribution in [1.29, 1.82) is 0 Å². The van der Waals surface area contributed by atoms with Gasteiger partial charge >= 0.3 is 5.51 Å². The molecule has 0 saturated carbocycles. The second kappa shape index (κ2) is 4.84. The number of hydrogen-bond acceptors (Lipinski definition) is 0. The Bertz CT molecular complexity index is 426. The van der Waals surface area contributed by atoms with E-state index in [0.717, 1.165) is 0 Å². The Labute approximate surface area is 100 Å². The van der Waals surface area contributed by atoms with Crippen LogP contribution in [0.1, 0.15) is 0 Å². The van der Waals surface area contributed by atoms with Gasteiger partial charge in [-0.1, -0.05) is 36.4 Å². The van der Waals surface area contributed by atoms with Crippen molar-refractivity contribution < 1.29 is 13.2 Å². The zero-order valence-corrected chi connectivity index (χ0v) is 9.75. The fourth-order valence-corrected chi connectivity index (χ4v) is 3.42. The maximum atomic E-state index is 13.1. The molecule has 0 amide bonds. The summed E-state index contributed by atoms with van der Waals surface area (Å²) in [6, 6.07) is 16.1. The highest BCUT2D eigenvalue weighted by atomic mass is 32.2. The molecular weight excluding hydrogens is 245 g/mol. The third-order valence-electron chi connectivity index (χ3n) is 2.28. The van der Waals surface area contributed by atoms with Gasteiger partial charge in [0.25, 0.3) is 0 Å². The summed E-state index contributed by atoms with van der Waals surface area (Å²) >= 11 is 0. The minimum atomic E-state index is -4.21. The lowest BCUT2D eigenvalue weighted by molar-refractivity contribution is -0.0355. The second-order valence-electron chi connectivity index (χ2n) is 3.47. The highest BCUT2D eigenvalue weighted by Crippen LogP contribution is 2.56. The van der Waals surface area contributed by atoms with Crippen molar-refractivity contribution in [2.24, 2.45) is 0 Å². The Kier molecular flexibility index (Phi) is 3.43. The van der Waals surface area contributed by atoms with E-state index in [0.29, 0.717) is 9.79 Å². The predicted octanol–water partition coefficient (Wildman–Crippen LogP) is 4.63. The summed E-state index contributed by atoms with van der Waals surface area (Å²) in [6.45, 7) is 0. The first kappa shape index (κ1) is 12.0. The predicted molar refractivity (Wildman–Crippen MR) is 64.5 cm³/mol. The molecule has 0 aliphatic rings. The van der Waals surface area contributed by atoms with E-state index >= 15 is 0 Å². The molecule has 90 valence electrons. The molecule has 4 heteroatoms. The molecular formula is C13H11F3S. The Morgan fingerprint density at radius 2 is 1.00 bits per heavy atom. The summed E-state index contributed by atoms with van der Waals surface area (Å²) in [5, 5.41) is 0. The molecule has 2 aromatic rings. The van der Waals surface area contributed by atoms with Crippen molar-refractivity contribution in [3.63, 3.8) is 0 Å². The molecule has 0 aromatic heterocycles. The maximum Gasteiger partial charge on any atom is 0.431 e. The summed E-state index contributed by atoms with van der Waals surface area (Å²) in [5.41, 5.74) is -4.21. The maximum absolute atomic E-state index is 13.1. The average molecular weight is 256 g/mol. The standard InChI is InChI=1S/C13H11F3S/c14-13(15,16)17(11-7-3-1-4-8-11)12-9-5-2-6-10-12/h1-10,17H. The molecule has 0 fully saturated rings. The van der Waals surface area contributed by atoms with E-state index in [1.807, 2.05) is 0 Å². The number of thiol groups is 1. The first-order valence-electron chi connectivity index (χ1n) is 5.06. The molecule has 0 aliphatic carbocycles. The molecule has 0 saturated heterocycles. The molecule has 2 rings (SSSR count). The van der Waals surface area contributed by atoms with Crippen LogP contribution in [-0.4, -0.2) is 5.51 Å². The first-order chi connectivity index (χ1) is 8.09. The quantitative estimate of drug-likeness (QED) is 0.744. The largest absolute Gasteiger partial charge is 0.431 e. The van der Waals surface area contributed by atoms with E-state index in [1.54, 1.807) is 36.4 Å². The Morgan fingerprint density at radius 3 is 1.29 bits per heavy atom. The van der Waals surface area contributed by atoms with Crippen LogP contribution in [0.15, 0.2) is 70.5 Å². The van der Waals surface area contributed by atoms with Gasteiger partial charge in [-0.05, 0) is 34.1 Å². The normalized spacial score (nSPS) is 12.3. The fraction of sp³-hybridized carbons (Fsp3) is 0.0769. The van der Waals surface area contributed by atoms with Gasteiger partial charge in [-0.2, -0.15) is 13.2 Å². The van der Waals surface area contributed by atoms with Crippen LogP contribution in [0.4, 0.5) is 13.2 Å². The number of alkyl halides is 3. The minimum Gasteiger partial charge on any atom is -0.161 e. The molecule has 0 nitrogen and oxygen atoms in total. The van der Waals surface area contributed by atoms with Crippen LogP contribution in [0, 0.1) is 0 Å². The molecule has 0 N–H and O–H groups in total. The Hall–Kier alpha value is -1.42. The number of rotatable bonds is 2. The number of hydrogen-bond donors (Lipinski definition) is 1. The molecule has 17 heavy (non-hydrogen) atoms. The Morgan fingerprint density at radius 1 is 0.647 bits per heavy atom. The molecule has 0 unspecified atom stereocenters. The summed E-state index contributed by atoms with van der Waals surface area (Å²) in [4.78, 5) is 0.669. The van der Waals surface area contributed by atoms with E-state index in [4.69, 9.17) is 0 Å². The van der Waals surface area contributed by atoms with Crippen LogP contribution < -0.4 is 0 Å². The van der Waals surface area contributed by atoms with Crippen LogP contribution in [0.2, 0.25) is 0 Å². The summed E-state index contributed by atoms with van der Waals surface area (Å²) in [5.74, 6) is 0. The van der Waals surface area contributed by atoms with Gasteiger partial charge in [0.2, 0.25) is 0 Å². The third-order valence-corrected chi connectivity index (χ3v) is 4.42. The molecule has 0 atom stereocenters. The smallest absolute Gasteiger partial charge is 0.161 e. The molecule has 0 radical (unpaired) electrons. The highest BCUT2D eigenvalue weighted by Gasteiger charge is 2.38. The monoisotopic (exact) mass is 256 g/mol. The van der Waals surface area contributed by atoms with E-state index in [-0.39, 0.29) is 0 Å². The Balaban J connectivity index is 2.48. The first-order valence-corrected chi connectivity index (χ1v) is 6.40. The van der Waals surface area contributed by atoms with Gasteiger partial charge in [0, 0.05) is 0 Å². The van der Waals surface area contributed by atoms with Crippen LogP contribution in [0.25, 0.3) is 0 Å². The zero-order chi connectivity index (χ0) is 12.3. The molecule has 0 aliphatic heterocycles. The van der Waals surface area contributed by atoms with Gasteiger partial charge in [0.15, 0.2) is 0 Å². The fourth-order valence-electron chi connectivity index (χ4n) is 1.60. The van der Waals surface area contributed by atoms with Crippen LogP contribution in [0.3, 0.4) is 0 Å². The van der Waals surface area contributed by atoms with Gasteiger partial charge < -0.3 is 0 Å². The lowest BCUT2D eigenvalue weighted by atomic mass is 10.4. The average Bonchev–Trinajstić information content (AvgIpc) is 2.30. The molecule has 2 aromatic carbocycles. The molecule has 0 heterocycles. The van der Waals surface area contributed by atoms with Crippen LogP contribution in [-0.2, 0) is 0 Å². The van der Waals surface area contributed by atoms with Crippen molar-refractivity contribution in [1.82, 2.24) is 0 Å². The summed E-state index contributed by atoms with van der Waals surface area (Å²) in [6.07, 6.45) is 0. The van der Waals surface area contributed by atoms with Gasteiger partial charge in [-0.3, -0.25) is 0 Å². The van der Waals surface area contributed by atoms with Crippen molar-refractivity contribution in [2.45, 2.75) is 15.3 Å². The van der Waals surface area contributed by atoms with Gasteiger partial charge in [0.1, 0.15) is 0 Å². The van der Waals surface area contributed by atoms with Gasteiger partial charge in [-0.15, -0.1) is 10.9 Å². The zero-order valence-electron chi connectivity index (χ0n) is 8.85. The van der Waals surface area contributed by atoms with Crippen LogP contribution >= 0.6 is 10.9 Å². The SMILES string of the molecule is FC(F)(F)[SH](c1ccccc1)c1ccccc1. The van der Waals surface area contributed by atoms with E-state index in [9.17, 15) is 13.2 Å². The topological polar surface area (TPSA) is 0 Å². The lowest BCUT2D eigenvalue weighted by Gasteiger charge is -2.25. The molecule has 0 bridgehead atoms. The third kappa shape index (κ3) is 2.82. The second-order valence-corrected chi connectivity index (χ2v) is 5.69. The van der Waals surface area contributed by atoms with Crippen LogP contribution in [0.5, 0.6) is 0 Å². The van der Waals surface area contributed by atoms with Crippen molar-refractivity contribution in [2.75, 3.05) is 0 Å². The van der Waals surface area contributed by atoms with Gasteiger partial charge in [0.05, 0.1) is 0 Å².